The lowest BCUT2D eigenvalue weighted by atomic mass is 9.93. The van der Waals surface area contributed by atoms with E-state index in [1.165, 1.54) is 70.6 Å². The quantitative estimate of drug-likeness (QED) is 0.141. The van der Waals surface area contributed by atoms with Crippen molar-refractivity contribution in [1.82, 2.24) is 5.32 Å². The van der Waals surface area contributed by atoms with Crippen molar-refractivity contribution in [3.05, 3.63) is 0 Å². The van der Waals surface area contributed by atoms with Gasteiger partial charge in [0.2, 0.25) is 17.4 Å². The van der Waals surface area contributed by atoms with E-state index in [2.05, 4.69) is 6.92 Å². The summed E-state index contributed by atoms with van der Waals surface area (Å²) in [4.78, 5) is 46.6. The van der Waals surface area contributed by atoms with Crippen LogP contribution in [0.4, 0.5) is 0 Å². The Balaban J connectivity index is 3.85. The predicted molar refractivity (Wildman–Crippen MR) is 128 cm³/mol. The van der Waals surface area contributed by atoms with Crippen LogP contribution >= 0.6 is 0 Å². The Morgan fingerprint density at radius 3 is 1.52 bits per heavy atom. The molecule has 0 aliphatic carbocycles. The molecule has 0 aromatic carbocycles. The minimum absolute atomic E-state index is 0.0573. The van der Waals surface area contributed by atoms with E-state index in [0.29, 0.717) is 6.42 Å². The zero-order valence-electron chi connectivity index (χ0n) is 20.5. The fourth-order valence-corrected chi connectivity index (χ4v) is 3.68. The lowest BCUT2D eigenvalue weighted by Gasteiger charge is -2.22. The summed E-state index contributed by atoms with van der Waals surface area (Å²) in [6, 6.07) is 0. The fourth-order valence-electron chi connectivity index (χ4n) is 3.68. The predicted octanol–water partition coefficient (Wildman–Crippen LogP) is 3.45. The second-order valence-corrected chi connectivity index (χ2v) is 8.98. The van der Waals surface area contributed by atoms with Crippen molar-refractivity contribution in [2.24, 2.45) is 5.73 Å². The summed E-state index contributed by atoms with van der Waals surface area (Å²) >= 11 is 0. The van der Waals surface area contributed by atoms with Gasteiger partial charge in [-0.2, -0.15) is 0 Å². The van der Waals surface area contributed by atoms with Gasteiger partial charge in [0.1, 0.15) is 0 Å². The minimum Gasteiger partial charge on any atom is -0.392 e. The number of nitrogens with two attached hydrogens (primary N) is 1. The van der Waals surface area contributed by atoms with Gasteiger partial charge in [-0.3, -0.25) is 24.5 Å². The molecular weight excluding hydrogens is 424 g/mol. The molecule has 0 spiro atoms. The number of ketones is 1. The maximum Gasteiger partial charge on any atom is 0.268 e. The third kappa shape index (κ3) is 15.6. The highest BCUT2D eigenvalue weighted by Crippen LogP contribution is 2.16. The average Bonchev–Trinajstić information content (AvgIpc) is 2.79. The van der Waals surface area contributed by atoms with Crippen molar-refractivity contribution >= 4 is 23.5 Å². The molecule has 0 bridgehead atoms. The summed E-state index contributed by atoms with van der Waals surface area (Å²) in [7, 11) is 0. The number of nitrogens with one attached hydrogen (secondary N) is 1. The fraction of sp³-hybridized carbons (Fsp3) is 0.840. The SMILES string of the molecule is CCCCCCCCCCCCCCCCCC(=O)C(O)(CO)C(=O)NC(=O)CCC(N)=O. The van der Waals surface area contributed by atoms with Gasteiger partial charge in [0.05, 0.1) is 6.61 Å². The van der Waals surface area contributed by atoms with E-state index in [1.807, 2.05) is 5.32 Å². The van der Waals surface area contributed by atoms with Gasteiger partial charge in [0.25, 0.3) is 5.91 Å². The first-order valence-corrected chi connectivity index (χ1v) is 12.8. The molecule has 0 heterocycles. The first-order valence-electron chi connectivity index (χ1n) is 12.8. The van der Waals surface area contributed by atoms with Gasteiger partial charge >= 0.3 is 0 Å². The first-order chi connectivity index (χ1) is 15.8. The Kier molecular flexibility index (Phi) is 18.6. The Morgan fingerprint density at radius 1 is 0.697 bits per heavy atom. The van der Waals surface area contributed by atoms with Crippen molar-refractivity contribution in [2.45, 2.75) is 128 Å². The summed E-state index contributed by atoms with van der Waals surface area (Å²) in [5, 5.41) is 21.5. The van der Waals surface area contributed by atoms with Crippen molar-refractivity contribution in [3.8, 4) is 0 Å². The Hall–Kier alpha value is -1.80. The normalized spacial score (nSPS) is 12.8. The van der Waals surface area contributed by atoms with Gasteiger partial charge in [-0.1, -0.05) is 96.8 Å². The molecule has 0 fully saturated rings. The highest BCUT2D eigenvalue weighted by molar-refractivity contribution is 6.13. The molecule has 0 radical (unpaired) electrons. The third-order valence-electron chi connectivity index (χ3n) is 5.92. The smallest absolute Gasteiger partial charge is 0.268 e. The number of unbranched alkanes of at least 4 members (excludes halogenated alkanes) is 14. The maximum absolute atomic E-state index is 12.3. The lowest BCUT2D eigenvalue weighted by molar-refractivity contribution is -0.157. The molecule has 0 aliphatic heterocycles. The Morgan fingerprint density at radius 2 is 1.12 bits per heavy atom. The highest BCUT2D eigenvalue weighted by Gasteiger charge is 2.43. The largest absolute Gasteiger partial charge is 0.392 e. The summed E-state index contributed by atoms with van der Waals surface area (Å²) in [6.45, 7) is 1.13. The monoisotopic (exact) mass is 470 g/mol. The van der Waals surface area contributed by atoms with Crippen LogP contribution < -0.4 is 11.1 Å². The number of rotatable bonds is 22. The number of aliphatic hydroxyl groups excluding tert-OH is 1. The molecule has 33 heavy (non-hydrogen) atoms. The third-order valence-corrected chi connectivity index (χ3v) is 5.92. The van der Waals surface area contributed by atoms with Crippen molar-refractivity contribution in [3.63, 3.8) is 0 Å². The molecule has 5 N–H and O–H groups in total. The Labute approximate surface area is 199 Å². The molecule has 8 heteroatoms. The molecule has 0 saturated heterocycles. The molecule has 8 nitrogen and oxygen atoms in total. The van der Waals surface area contributed by atoms with Crippen LogP contribution in [-0.2, 0) is 19.2 Å². The van der Waals surface area contributed by atoms with E-state index in [-0.39, 0.29) is 19.3 Å². The van der Waals surface area contributed by atoms with Gasteiger partial charge < -0.3 is 15.9 Å². The van der Waals surface area contributed by atoms with E-state index in [1.54, 1.807) is 0 Å². The second kappa shape index (κ2) is 19.6. The van der Waals surface area contributed by atoms with Crippen molar-refractivity contribution < 1.29 is 29.4 Å². The van der Waals surface area contributed by atoms with E-state index in [0.717, 1.165) is 19.3 Å². The second-order valence-electron chi connectivity index (χ2n) is 8.98. The van der Waals surface area contributed by atoms with Gasteiger partial charge in [-0.25, -0.2) is 0 Å². The van der Waals surface area contributed by atoms with Crippen LogP contribution in [0.3, 0.4) is 0 Å². The summed E-state index contributed by atoms with van der Waals surface area (Å²) < 4.78 is 0. The number of hydrogen-bond acceptors (Lipinski definition) is 6. The molecular formula is C25H46N2O6. The number of carbonyl (C=O) groups is 4. The van der Waals surface area contributed by atoms with Gasteiger partial charge in [-0.15, -0.1) is 0 Å². The molecule has 0 aromatic heterocycles. The minimum atomic E-state index is -2.65. The molecule has 0 aromatic rings. The van der Waals surface area contributed by atoms with Crippen LogP contribution in [0.1, 0.15) is 122 Å². The van der Waals surface area contributed by atoms with Gasteiger partial charge in [0.15, 0.2) is 5.78 Å². The Bertz CT molecular complexity index is 581. The van der Waals surface area contributed by atoms with E-state index < -0.39 is 35.7 Å². The zero-order valence-corrected chi connectivity index (χ0v) is 20.5. The molecule has 1 atom stereocenters. The number of primary amides is 1. The average molecular weight is 471 g/mol. The van der Waals surface area contributed by atoms with Crippen LogP contribution in [0.5, 0.6) is 0 Å². The standard InChI is InChI=1S/C25H46N2O6/c1-2-3-4-5-6-7-8-9-10-11-12-13-14-15-16-17-21(29)25(33,20-28)24(32)27-23(31)19-18-22(26)30/h28,33H,2-20H2,1H3,(H2,26,30)(H,27,31,32). The van der Waals surface area contributed by atoms with E-state index in [4.69, 9.17) is 5.73 Å². The van der Waals surface area contributed by atoms with Crippen LogP contribution in [-0.4, -0.2) is 45.9 Å². The number of hydrogen-bond donors (Lipinski definition) is 4. The molecule has 192 valence electrons. The van der Waals surface area contributed by atoms with Crippen molar-refractivity contribution in [2.75, 3.05) is 6.61 Å². The number of imide groups is 1. The van der Waals surface area contributed by atoms with E-state index >= 15 is 0 Å². The van der Waals surface area contributed by atoms with Crippen LogP contribution in [0.15, 0.2) is 0 Å². The van der Waals surface area contributed by atoms with Crippen LogP contribution in [0, 0.1) is 0 Å². The first kappa shape index (κ1) is 31.2. The van der Waals surface area contributed by atoms with Gasteiger partial charge in [0, 0.05) is 19.3 Å². The molecule has 3 amide bonds. The molecule has 0 saturated carbocycles. The molecule has 0 rings (SSSR count). The number of amides is 3. The highest BCUT2D eigenvalue weighted by atomic mass is 16.4. The topological polar surface area (TPSA) is 147 Å². The van der Waals surface area contributed by atoms with E-state index in [9.17, 15) is 29.4 Å². The summed E-state index contributed by atoms with van der Waals surface area (Å²) in [5.74, 6) is -3.64. The lowest BCUT2D eigenvalue weighted by Crippen LogP contribution is -2.56. The van der Waals surface area contributed by atoms with Crippen molar-refractivity contribution in [1.29, 1.82) is 0 Å². The molecule has 1 unspecified atom stereocenters. The number of Topliss-reactive ketones (excluding diaryl/α,β-unsaturated/α-hetero) is 1. The van der Waals surface area contributed by atoms with Crippen LogP contribution in [0.25, 0.3) is 0 Å². The van der Waals surface area contributed by atoms with Crippen LogP contribution in [0.2, 0.25) is 0 Å². The molecule has 0 aliphatic rings. The number of aliphatic hydroxyl groups is 2. The summed E-state index contributed by atoms with van der Waals surface area (Å²) in [6.07, 6.45) is 17.1. The number of carbonyl (C=O) groups excluding carboxylic acids is 4. The maximum atomic E-state index is 12.3. The zero-order chi connectivity index (χ0) is 25.0. The summed E-state index contributed by atoms with van der Waals surface area (Å²) in [5.41, 5.74) is 2.28. The van der Waals surface area contributed by atoms with Gasteiger partial charge in [-0.05, 0) is 6.42 Å².